The minimum atomic E-state index is -1.51. The Hall–Kier alpha value is -2.23. The Balaban J connectivity index is 3.94. The Bertz CT molecular complexity index is 1540. The number of esters is 2. The van der Waals surface area contributed by atoms with Crippen LogP contribution in [0.15, 0.2) is 24.3 Å². The zero-order valence-electron chi connectivity index (χ0n) is 61.8. The normalized spacial score (nSPS) is 12.7. The third-order valence-electron chi connectivity index (χ3n) is 18.7. The molecule has 9 heteroatoms. The average Bonchev–Trinajstić information content (AvgIpc) is 3.46. The second-order valence-corrected chi connectivity index (χ2v) is 29.1. The zero-order valence-corrected chi connectivity index (χ0v) is 61.8. The first-order valence-electron chi connectivity index (χ1n) is 40.5. The molecule has 0 saturated heterocycles. The van der Waals surface area contributed by atoms with Gasteiger partial charge in [0.15, 0.2) is 6.10 Å². The van der Waals surface area contributed by atoms with Gasteiger partial charge in [0.1, 0.15) is 13.2 Å². The van der Waals surface area contributed by atoms with E-state index in [4.69, 9.17) is 18.9 Å². The summed E-state index contributed by atoms with van der Waals surface area (Å²) < 4.78 is 23.1. The minimum Gasteiger partial charge on any atom is -0.477 e. The SMILES string of the molecule is CCCCCCCCCC/C=C\CCCCCCCCCCCCCCCCCCCCCCCCCCCCCC(=O)OC(COC(=O)CCCCCCCCCCCCCCCCC/C=C\CCCCCCCCCC)COC(OCC[N+](C)(C)C)C(=O)O. The van der Waals surface area contributed by atoms with Gasteiger partial charge in [-0.3, -0.25) is 9.59 Å². The van der Waals surface area contributed by atoms with E-state index in [1.807, 2.05) is 21.1 Å². The van der Waals surface area contributed by atoms with Crippen LogP contribution in [-0.4, -0.2) is 87.4 Å². The van der Waals surface area contributed by atoms with Crippen molar-refractivity contribution in [2.24, 2.45) is 0 Å². The van der Waals surface area contributed by atoms with Gasteiger partial charge in [0, 0.05) is 12.8 Å². The van der Waals surface area contributed by atoms with Crippen LogP contribution in [0.3, 0.4) is 0 Å². The quantitative estimate of drug-likeness (QED) is 0.0211. The highest BCUT2D eigenvalue weighted by atomic mass is 16.7. The summed E-state index contributed by atoms with van der Waals surface area (Å²) in [6.07, 6.45) is 90.6. The summed E-state index contributed by atoms with van der Waals surface area (Å²) in [5, 5.41) is 9.77. The molecule has 2 atom stereocenters. The second-order valence-electron chi connectivity index (χ2n) is 29.1. The summed E-state index contributed by atoms with van der Waals surface area (Å²) in [7, 11) is 6.00. The van der Waals surface area contributed by atoms with Crippen LogP contribution in [0.5, 0.6) is 0 Å². The van der Waals surface area contributed by atoms with E-state index in [-0.39, 0.29) is 38.2 Å². The average molecular weight is 1290 g/mol. The van der Waals surface area contributed by atoms with Gasteiger partial charge in [-0.05, 0) is 64.2 Å². The van der Waals surface area contributed by atoms with Gasteiger partial charge in [-0.2, -0.15) is 0 Å². The molecule has 0 bridgehead atoms. The molecule has 0 aliphatic heterocycles. The molecule has 0 rings (SSSR count). The number of ether oxygens (including phenoxy) is 4. The molecule has 0 aromatic carbocycles. The van der Waals surface area contributed by atoms with E-state index in [1.165, 1.54) is 360 Å². The Morgan fingerprint density at radius 1 is 0.319 bits per heavy atom. The standard InChI is InChI=1S/C82H157NO8/c1-6-8-10-12-14-16-18-20-22-24-26-28-30-32-34-35-36-37-38-39-40-41-42-43-44-45-47-49-51-53-55-57-59-61-63-65-67-69-71-73-80(85)91-78(77-90-82(81(86)87)88-75-74-83(3,4)5)76-89-79(84)72-70-68-66-64-62-60-58-56-54-52-50-48-46-33-31-29-27-25-23-21-19-17-15-13-11-9-7-2/h24-27,78,82H,6-23,28-77H2,1-5H3/p+1/b26-24-,27-25-. The van der Waals surface area contributed by atoms with Crippen molar-refractivity contribution in [1.29, 1.82) is 0 Å². The van der Waals surface area contributed by atoms with Gasteiger partial charge in [0.25, 0.3) is 6.29 Å². The molecular formula is C82H158NO8+. The number of allylic oxidation sites excluding steroid dienone is 4. The number of quaternary nitrogens is 1. The van der Waals surface area contributed by atoms with Crippen LogP contribution in [0.4, 0.5) is 0 Å². The van der Waals surface area contributed by atoms with Gasteiger partial charge in [0.05, 0.1) is 34.4 Å². The lowest BCUT2D eigenvalue weighted by Gasteiger charge is -2.25. The molecule has 91 heavy (non-hydrogen) atoms. The molecule has 0 radical (unpaired) electrons. The monoisotopic (exact) mass is 1290 g/mol. The molecule has 2 unspecified atom stereocenters. The van der Waals surface area contributed by atoms with Crippen molar-refractivity contribution >= 4 is 17.9 Å². The van der Waals surface area contributed by atoms with Crippen LogP contribution in [0.25, 0.3) is 0 Å². The third-order valence-corrected chi connectivity index (χ3v) is 18.7. The number of hydrogen-bond donors (Lipinski definition) is 1. The number of hydrogen-bond acceptors (Lipinski definition) is 7. The molecule has 0 spiro atoms. The van der Waals surface area contributed by atoms with Gasteiger partial charge in [-0.25, -0.2) is 4.79 Å². The molecule has 0 heterocycles. The van der Waals surface area contributed by atoms with Gasteiger partial charge in [-0.1, -0.05) is 372 Å². The van der Waals surface area contributed by atoms with Crippen molar-refractivity contribution < 1.29 is 42.9 Å². The fourth-order valence-corrected chi connectivity index (χ4v) is 12.5. The maximum atomic E-state index is 13.0. The number of carboxylic acid groups (broad SMARTS) is 1. The molecule has 0 aromatic rings. The van der Waals surface area contributed by atoms with Crippen molar-refractivity contribution in [3.05, 3.63) is 24.3 Å². The number of aliphatic carboxylic acids is 1. The maximum absolute atomic E-state index is 13.0. The van der Waals surface area contributed by atoms with Crippen molar-refractivity contribution in [2.75, 3.05) is 47.5 Å². The topological polar surface area (TPSA) is 108 Å². The molecule has 0 aliphatic carbocycles. The lowest BCUT2D eigenvalue weighted by atomic mass is 10.0. The molecule has 1 N–H and O–H groups in total. The molecule has 0 aliphatic rings. The van der Waals surface area contributed by atoms with E-state index in [1.54, 1.807) is 0 Å². The smallest absolute Gasteiger partial charge is 0.361 e. The number of likely N-dealkylation sites (N-methyl/N-ethyl adjacent to an activating group) is 1. The van der Waals surface area contributed by atoms with E-state index >= 15 is 0 Å². The van der Waals surface area contributed by atoms with Crippen LogP contribution < -0.4 is 0 Å². The van der Waals surface area contributed by atoms with Crippen molar-refractivity contribution in [3.8, 4) is 0 Å². The predicted octanol–water partition coefficient (Wildman–Crippen LogP) is 25.7. The van der Waals surface area contributed by atoms with E-state index < -0.39 is 18.4 Å². The van der Waals surface area contributed by atoms with Gasteiger partial charge in [-0.15, -0.1) is 0 Å². The second kappa shape index (κ2) is 73.6. The molecular weight excluding hydrogens is 1130 g/mol. The molecule has 0 fully saturated rings. The lowest BCUT2D eigenvalue weighted by Crippen LogP contribution is -2.40. The molecule has 0 aromatic heterocycles. The van der Waals surface area contributed by atoms with E-state index in [9.17, 15) is 19.5 Å². The number of rotatable bonds is 77. The summed E-state index contributed by atoms with van der Waals surface area (Å²) in [4.78, 5) is 37.7. The number of carboxylic acids is 1. The Labute approximate surface area is 567 Å². The van der Waals surface area contributed by atoms with E-state index in [0.29, 0.717) is 17.4 Å². The fraction of sp³-hybridized carbons (Fsp3) is 0.915. The van der Waals surface area contributed by atoms with Crippen LogP contribution in [-0.2, 0) is 33.3 Å². The fourth-order valence-electron chi connectivity index (χ4n) is 12.5. The highest BCUT2D eigenvalue weighted by Crippen LogP contribution is 2.20. The predicted molar refractivity (Wildman–Crippen MR) is 392 cm³/mol. The molecule has 538 valence electrons. The molecule has 0 saturated carbocycles. The Morgan fingerprint density at radius 2 is 0.560 bits per heavy atom. The first-order chi connectivity index (χ1) is 44.6. The molecule has 9 nitrogen and oxygen atoms in total. The number of carbonyl (C=O) groups excluding carboxylic acids is 2. The van der Waals surface area contributed by atoms with Crippen LogP contribution in [0, 0.1) is 0 Å². The van der Waals surface area contributed by atoms with Crippen molar-refractivity contribution in [1.82, 2.24) is 0 Å². The highest BCUT2D eigenvalue weighted by molar-refractivity contribution is 5.71. The molecule has 0 amide bonds. The van der Waals surface area contributed by atoms with Gasteiger partial charge in [0.2, 0.25) is 0 Å². The summed E-state index contributed by atoms with van der Waals surface area (Å²) in [5.41, 5.74) is 0. The van der Waals surface area contributed by atoms with Gasteiger partial charge >= 0.3 is 17.9 Å². The first-order valence-corrected chi connectivity index (χ1v) is 40.5. The lowest BCUT2D eigenvalue weighted by molar-refractivity contribution is -0.870. The Morgan fingerprint density at radius 3 is 0.813 bits per heavy atom. The van der Waals surface area contributed by atoms with E-state index in [2.05, 4.69) is 38.2 Å². The summed E-state index contributed by atoms with van der Waals surface area (Å²) in [6, 6.07) is 0. The number of nitrogens with zero attached hydrogens (tertiary/aromatic N) is 1. The number of carbonyl (C=O) groups is 3. The minimum absolute atomic E-state index is 0.175. The maximum Gasteiger partial charge on any atom is 0.361 e. The Kier molecular flexibility index (Phi) is 71.8. The largest absolute Gasteiger partial charge is 0.477 e. The van der Waals surface area contributed by atoms with Crippen molar-refractivity contribution in [2.45, 2.75) is 437 Å². The van der Waals surface area contributed by atoms with Crippen molar-refractivity contribution in [3.63, 3.8) is 0 Å². The van der Waals surface area contributed by atoms with Crippen LogP contribution in [0.2, 0.25) is 0 Å². The third kappa shape index (κ3) is 75.0. The van der Waals surface area contributed by atoms with Crippen LogP contribution in [0.1, 0.15) is 425 Å². The van der Waals surface area contributed by atoms with E-state index in [0.717, 1.165) is 38.5 Å². The summed E-state index contributed by atoms with van der Waals surface area (Å²) >= 11 is 0. The van der Waals surface area contributed by atoms with Gasteiger partial charge < -0.3 is 28.5 Å². The summed E-state index contributed by atoms with van der Waals surface area (Å²) in [6.45, 7) is 4.96. The first kappa shape index (κ1) is 88.8. The summed E-state index contributed by atoms with van der Waals surface area (Å²) in [5.74, 6) is -1.97. The van der Waals surface area contributed by atoms with Crippen LogP contribution >= 0.6 is 0 Å². The number of unbranched alkanes of at least 4 members (excludes halogenated alkanes) is 58. The highest BCUT2D eigenvalue weighted by Gasteiger charge is 2.25. The zero-order chi connectivity index (χ0) is 66.1.